The van der Waals surface area contributed by atoms with Gasteiger partial charge in [-0.2, -0.15) is 0 Å². The summed E-state index contributed by atoms with van der Waals surface area (Å²) >= 11 is 0. The molecule has 0 radical (unpaired) electrons. The van der Waals surface area contributed by atoms with Crippen molar-refractivity contribution in [2.45, 2.75) is 26.2 Å². The van der Waals surface area contributed by atoms with E-state index in [2.05, 4.69) is 0 Å². The lowest BCUT2D eigenvalue weighted by molar-refractivity contribution is 0.143. The quantitative estimate of drug-likeness (QED) is 0.549. The molecule has 9 heavy (non-hydrogen) atoms. The minimum atomic E-state index is 0.812. The fourth-order valence-electron chi connectivity index (χ4n) is 0.670. The van der Waals surface area contributed by atoms with Crippen LogP contribution >= 0.6 is 0 Å². The zero-order valence-electron chi connectivity index (χ0n) is 6.23. The van der Waals surface area contributed by atoms with E-state index in [1.54, 1.807) is 0 Å². The van der Waals surface area contributed by atoms with Crippen molar-refractivity contribution in [3.63, 3.8) is 0 Å². The first-order valence-corrected chi connectivity index (χ1v) is 3.69. The average molecular weight is 131 g/mol. The fourth-order valence-corrected chi connectivity index (χ4v) is 0.670. The van der Waals surface area contributed by atoms with Crippen LogP contribution in [0.5, 0.6) is 0 Å². The molecule has 0 aromatic carbocycles. The molecule has 0 heterocycles. The summed E-state index contributed by atoms with van der Waals surface area (Å²) in [5.41, 5.74) is 5.30. The highest BCUT2D eigenvalue weighted by Gasteiger charge is 1.85. The first kappa shape index (κ1) is 8.92. The van der Waals surface area contributed by atoms with Crippen molar-refractivity contribution in [1.29, 1.82) is 0 Å². The molecule has 0 rings (SSSR count). The Hall–Kier alpha value is -0.0800. The molecule has 0 atom stereocenters. The molecule has 0 saturated carbocycles. The maximum absolute atomic E-state index is 5.30. The Morgan fingerprint density at radius 2 is 2.00 bits per heavy atom. The van der Waals surface area contributed by atoms with Crippen LogP contribution in [0.2, 0.25) is 0 Å². The second-order valence-electron chi connectivity index (χ2n) is 2.05. The lowest BCUT2D eigenvalue weighted by atomic mass is 10.2. The van der Waals surface area contributed by atoms with Gasteiger partial charge in [0.2, 0.25) is 0 Å². The number of rotatable bonds is 6. The Balaban J connectivity index is 2.60. The van der Waals surface area contributed by atoms with E-state index in [1.807, 2.05) is 6.92 Å². The SMILES string of the molecule is CCOCCCCCN. The Morgan fingerprint density at radius 1 is 1.22 bits per heavy atom. The molecule has 0 bridgehead atoms. The number of hydrogen-bond donors (Lipinski definition) is 1. The minimum Gasteiger partial charge on any atom is -0.382 e. The summed E-state index contributed by atoms with van der Waals surface area (Å²) in [5.74, 6) is 0. The normalized spacial score (nSPS) is 10.0. The highest BCUT2D eigenvalue weighted by atomic mass is 16.5. The minimum absolute atomic E-state index is 0.812. The molecular weight excluding hydrogens is 114 g/mol. The van der Waals surface area contributed by atoms with Crippen LogP contribution in [0.25, 0.3) is 0 Å². The van der Waals surface area contributed by atoms with Crippen LogP contribution in [0.1, 0.15) is 26.2 Å². The smallest absolute Gasteiger partial charge is 0.0465 e. The van der Waals surface area contributed by atoms with Crippen molar-refractivity contribution in [1.82, 2.24) is 0 Å². The topological polar surface area (TPSA) is 35.2 Å². The van der Waals surface area contributed by atoms with Crippen LogP contribution in [0.15, 0.2) is 0 Å². The van der Waals surface area contributed by atoms with Crippen molar-refractivity contribution in [2.24, 2.45) is 5.73 Å². The molecule has 0 spiro atoms. The molecule has 0 aromatic rings. The van der Waals surface area contributed by atoms with Gasteiger partial charge in [-0.05, 0) is 32.7 Å². The van der Waals surface area contributed by atoms with Gasteiger partial charge in [0.1, 0.15) is 0 Å². The van der Waals surface area contributed by atoms with Crippen molar-refractivity contribution in [2.75, 3.05) is 19.8 Å². The van der Waals surface area contributed by atoms with E-state index < -0.39 is 0 Å². The summed E-state index contributed by atoms with van der Waals surface area (Å²) in [6, 6.07) is 0. The lowest BCUT2D eigenvalue weighted by Crippen LogP contribution is -1.99. The molecule has 0 fully saturated rings. The summed E-state index contributed by atoms with van der Waals surface area (Å²) in [4.78, 5) is 0. The molecule has 0 aliphatic carbocycles. The van der Waals surface area contributed by atoms with Gasteiger partial charge < -0.3 is 10.5 Å². The van der Waals surface area contributed by atoms with Gasteiger partial charge in [0, 0.05) is 13.2 Å². The van der Waals surface area contributed by atoms with Crippen LogP contribution in [0.4, 0.5) is 0 Å². The molecule has 2 N–H and O–H groups in total. The summed E-state index contributed by atoms with van der Waals surface area (Å²) in [6.45, 7) is 4.56. The third-order valence-corrected chi connectivity index (χ3v) is 1.20. The Labute approximate surface area is 57.4 Å². The van der Waals surface area contributed by atoms with Crippen molar-refractivity contribution >= 4 is 0 Å². The van der Waals surface area contributed by atoms with Gasteiger partial charge in [-0.25, -0.2) is 0 Å². The summed E-state index contributed by atoms with van der Waals surface area (Å²) < 4.78 is 5.14. The molecular formula is C7H17NO. The first-order chi connectivity index (χ1) is 4.41. The largest absolute Gasteiger partial charge is 0.382 e. The average Bonchev–Trinajstić information content (AvgIpc) is 1.89. The summed E-state index contributed by atoms with van der Waals surface area (Å²) in [6.07, 6.45) is 3.49. The van der Waals surface area contributed by atoms with Gasteiger partial charge in [-0.15, -0.1) is 0 Å². The van der Waals surface area contributed by atoms with E-state index in [0.717, 1.165) is 32.6 Å². The van der Waals surface area contributed by atoms with E-state index in [1.165, 1.54) is 6.42 Å². The molecule has 0 aromatic heterocycles. The second-order valence-corrected chi connectivity index (χ2v) is 2.05. The van der Waals surface area contributed by atoms with Crippen LogP contribution in [-0.2, 0) is 4.74 Å². The van der Waals surface area contributed by atoms with Crippen LogP contribution < -0.4 is 5.73 Å². The molecule has 0 aliphatic rings. The Bertz CT molecular complexity index is 42.2. The van der Waals surface area contributed by atoms with Crippen LogP contribution in [0, 0.1) is 0 Å². The molecule has 0 aliphatic heterocycles. The van der Waals surface area contributed by atoms with Crippen molar-refractivity contribution in [3.05, 3.63) is 0 Å². The Kier molecular flexibility index (Phi) is 7.85. The van der Waals surface area contributed by atoms with Crippen molar-refractivity contribution in [3.8, 4) is 0 Å². The van der Waals surface area contributed by atoms with Gasteiger partial charge in [-0.3, -0.25) is 0 Å². The number of hydrogen-bond acceptors (Lipinski definition) is 2. The predicted octanol–water partition coefficient (Wildman–Crippen LogP) is 1.15. The summed E-state index contributed by atoms with van der Waals surface area (Å²) in [5, 5.41) is 0. The standard InChI is InChI=1S/C7H17NO/c1-2-9-7-5-3-4-6-8/h2-8H2,1H3. The van der Waals surface area contributed by atoms with Gasteiger partial charge in [-0.1, -0.05) is 0 Å². The fraction of sp³-hybridized carbons (Fsp3) is 1.00. The predicted molar refractivity (Wildman–Crippen MR) is 39.4 cm³/mol. The zero-order valence-corrected chi connectivity index (χ0v) is 6.23. The number of unbranched alkanes of at least 4 members (excludes halogenated alkanes) is 2. The second kappa shape index (κ2) is 7.92. The highest BCUT2D eigenvalue weighted by Crippen LogP contribution is 1.92. The van der Waals surface area contributed by atoms with E-state index in [9.17, 15) is 0 Å². The third kappa shape index (κ3) is 7.92. The van der Waals surface area contributed by atoms with Gasteiger partial charge in [0.15, 0.2) is 0 Å². The highest BCUT2D eigenvalue weighted by molar-refractivity contribution is 4.40. The van der Waals surface area contributed by atoms with Crippen molar-refractivity contribution < 1.29 is 4.74 Å². The number of nitrogens with two attached hydrogens (primary N) is 1. The molecule has 56 valence electrons. The number of ether oxygens (including phenoxy) is 1. The zero-order chi connectivity index (χ0) is 6.95. The molecule has 0 saturated heterocycles. The van der Waals surface area contributed by atoms with E-state index in [-0.39, 0.29) is 0 Å². The third-order valence-electron chi connectivity index (χ3n) is 1.20. The van der Waals surface area contributed by atoms with Gasteiger partial charge >= 0.3 is 0 Å². The Morgan fingerprint density at radius 3 is 2.56 bits per heavy atom. The van der Waals surface area contributed by atoms with E-state index in [4.69, 9.17) is 10.5 Å². The van der Waals surface area contributed by atoms with Gasteiger partial charge in [0.05, 0.1) is 0 Å². The van der Waals surface area contributed by atoms with Crippen LogP contribution in [0.3, 0.4) is 0 Å². The monoisotopic (exact) mass is 131 g/mol. The van der Waals surface area contributed by atoms with Gasteiger partial charge in [0.25, 0.3) is 0 Å². The van der Waals surface area contributed by atoms with E-state index >= 15 is 0 Å². The summed E-state index contributed by atoms with van der Waals surface area (Å²) in [7, 11) is 0. The molecule has 2 heteroatoms. The maximum atomic E-state index is 5.30. The van der Waals surface area contributed by atoms with Crippen LogP contribution in [-0.4, -0.2) is 19.8 Å². The van der Waals surface area contributed by atoms with E-state index in [0.29, 0.717) is 0 Å². The lowest BCUT2D eigenvalue weighted by Gasteiger charge is -1.98. The maximum Gasteiger partial charge on any atom is 0.0465 e. The molecule has 0 amide bonds. The molecule has 2 nitrogen and oxygen atoms in total. The first-order valence-electron chi connectivity index (χ1n) is 3.69. The molecule has 0 unspecified atom stereocenters.